The maximum Gasteiger partial charge on any atom is 0.155 e. The summed E-state index contributed by atoms with van der Waals surface area (Å²) in [4.78, 5) is 4.36. The molecule has 0 aromatic carbocycles. The lowest BCUT2D eigenvalue weighted by atomic mass is 10.1. The van der Waals surface area contributed by atoms with Gasteiger partial charge in [-0.3, -0.25) is 4.40 Å². The standard InChI is InChI=1S/C12H13ClN2O2S/c1-8-3-2-4-10-11(13)14-12(15(8)10)9-5-6-18(16,17)7-9/h2-4,9H,5-7H2,1H3. The number of sulfone groups is 1. The molecule has 1 aliphatic rings. The molecule has 0 radical (unpaired) electrons. The van der Waals surface area contributed by atoms with E-state index >= 15 is 0 Å². The highest BCUT2D eigenvalue weighted by Crippen LogP contribution is 2.31. The Hall–Kier alpha value is -1.07. The van der Waals surface area contributed by atoms with Gasteiger partial charge in [0.2, 0.25) is 0 Å². The summed E-state index contributed by atoms with van der Waals surface area (Å²) in [5, 5.41) is 0.443. The molecule has 1 unspecified atom stereocenters. The molecule has 1 aliphatic heterocycles. The number of imidazole rings is 1. The van der Waals surface area contributed by atoms with Crippen molar-refractivity contribution in [1.29, 1.82) is 0 Å². The van der Waals surface area contributed by atoms with Crippen molar-refractivity contribution in [2.45, 2.75) is 19.3 Å². The van der Waals surface area contributed by atoms with Crippen LogP contribution in [0.25, 0.3) is 5.52 Å². The average molecular weight is 285 g/mol. The Morgan fingerprint density at radius 2 is 2.22 bits per heavy atom. The molecular formula is C12H13ClN2O2S. The normalized spacial score (nSPS) is 22.7. The molecule has 0 N–H and O–H groups in total. The predicted molar refractivity (Wildman–Crippen MR) is 71.0 cm³/mol. The molecule has 0 saturated carbocycles. The van der Waals surface area contributed by atoms with Crippen molar-refractivity contribution >= 4 is 27.0 Å². The highest BCUT2D eigenvalue weighted by Gasteiger charge is 2.32. The molecule has 3 rings (SSSR count). The third-order valence-corrected chi connectivity index (χ3v) is 5.48. The van der Waals surface area contributed by atoms with Crippen LogP contribution < -0.4 is 0 Å². The fourth-order valence-corrected chi connectivity index (χ4v) is 4.54. The Morgan fingerprint density at radius 3 is 2.89 bits per heavy atom. The second-order valence-electron chi connectivity index (χ2n) is 4.75. The molecule has 18 heavy (non-hydrogen) atoms. The van der Waals surface area contributed by atoms with Gasteiger partial charge in [-0.25, -0.2) is 13.4 Å². The summed E-state index contributed by atoms with van der Waals surface area (Å²) in [5.41, 5.74) is 1.86. The van der Waals surface area contributed by atoms with Gasteiger partial charge in [-0.1, -0.05) is 17.7 Å². The van der Waals surface area contributed by atoms with Crippen LogP contribution in [0.5, 0.6) is 0 Å². The van der Waals surface area contributed by atoms with E-state index in [2.05, 4.69) is 4.98 Å². The largest absolute Gasteiger partial charge is 0.299 e. The van der Waals surface area contributed by atoms with Gasteiger partial charge in [0, 0.05) is 11.6 Å². The Labute approximate surface area is 111 Å². The number of hydrogen-bond acceptors (Lipinski definition) is 3. The molecule has 4 nitrogen and oxygen atoms in total. The summed E-state index contributed by atoms with van der Waals surface area (Å²) in [6.45, 7) is 1.97. The van der Waals surface area contributed by atoms with Crippen LogP contribution in [0, 0.1) is 6.92 Å². The third kappa shape index (κ3) is 1.82. The van der Waals surface area contributed by atoms with Crippen molar-refractivity contribution in [2.75, 3.05) is 11.5 Å². The van der Waals surface area contributed by atoms with E-state index in [1.807, 2.05) is 29.5 Å². The van der Waals surface area contributed by atoms with Gasteiger partial charge in [0.25, 0.3) is 0 Å². The van der Waals surface area contributed by atoms with E-state index < -0.39 is 9.84 Å². The molecule has 2 aromatic rings. The molecule has 0 amide bonds. The zero-order valence-corrected chi connectivity index (χ0v) is 11.5. The summed E-state index contributed by atoms with van der Waals surface area (Å²) < 4.78 is 25.1. The van der Waals surface area contributed by atoms with E-state index in [9.17, 15) is 8.42 Å². The van der Waals surface area contributed by atoms with Crippen LogP contribution >= 0.6 is 11.6 Å². The fourth-order valence-electron chi connectivity index (χ4n) is 2.56. The van der Waals surface area contributed by atoms with Crippen molar-refractivity contribution in [1.82, 2.24) is 9.38 Å². The Morgan fingerprint density at radius 1 is 1.44 bits per heavy atom. The fraction of sp³-hybridized carbons (Fsp3) is 0.417. The van der Waals surface area contributed by atoms with E-state index in [1.54, 1.807) is 0 Å². The molecule has 1 saturated heterocycles. The highest BCUT2D eigenvalue weighted by atomic mass is 35.5. The molecule has 0 spiro atoms. The van der Waals surface area contributed by atoms with Crippen molar-refractivity contribution in [3.8, 4) is 0 Å². The van der Waals surface area contributed by atoms with Gasteiger partial charge < -0.3 is 0 Å². The molecule has 96 valence electrons. The number of nitrogens with zero attached hydrogens (tertiary/aromatic N) is 2. The van der Waals surface area contributed by atoms with E-state index in [0.29, 0.717) is 11.6 Å². The number of pyridine rings is 1. The van der Waals surface area contributed by atoms with E-state index in [-0.39, 0.29) is 17.4 Å². The minimum absolute atomic E-state index is 0.0453. The maximum atomic E-state index is 11.6. The topological polar surface area (TPSA) is 51.4 Å². The Bertz CT molecular complexity index is 721. The lowest BCUT2D eigenvalue weighted by molar-refractivity contribution is 0.601. The first-order valence-electron chi connectivity index (χ1n) is 5.82. The predicted octanol–water partition coefficient (Wildman–Crippen LogP) is 2.20. The number of rotatable bonds is 1. The maximum absolute atomic E-state index is 11.6. The van der Waals surface area contributed by atoms with E-state index in [0.717, 1.165) is 17.0 Å². The van der Waals surface area contributed by atoms with Crippen LogP contribution in [0.2, 0.25) is 5.15 Å². The van der Waals surface area contributed by atoms with Crippen molar-refractivity contribution in [3.05, 3.63) is 34.9 Å². The zero-order chi connectivity index (χ0) is 12.9. The van der Waals surface area contributed by atoms with Crippen LogP contribution in [-0.4, -0.2) is 29.3 Å². The van der Waals surface area contributed by atoms with Gasteiger partial charge in [-0.05, 0) is 25.5 Å². The van der Waals surface area contributed by atoms with Gasteiger partial charge in [-0.15, -0.1) is 0 Å². The van der Waals surface area contributed by atoms with Crippen LogP contribution in [0.15, 0.2) is 18.2 Å². The molecule has 0 aliphatic carbocycles. The smallest absolute Gasteiger partial charge is 0.155 e. The molecule has 6 heteroatoms. The van der Waals surface area contributed by atoms with Gasteiger partial charge in [0.15, 0.2) is 15.0 Å². The summed E-state index contributed by atoms with van der Waals surface area (Å²) >= 11 is 6.12. The molecule has 3 heterocycles. The lowest BCUT2D eigenvalue weighted by Gasteiger charge is -2.08. The van der Waals surface area contributed by atoms with Gasteiger partial charge in [-0.2, -0.15) is 0 Å². The SMILES string of the molecule is Cc1cccc2c(Cl)nc(C3CCS(=O)(=O)C3)n12. The summed E-state index contributed by atoms with van der Waals surface area (Å²) in [5.74, 6) is 1.15. The van der Waals surface area contributed by atoms with Crippen molar-refractivity contribution < 1.29 is 8.42 Å². The number of halogens is 1. The van der Waals surface area contributed by atoms with E-state index in [1.165, 1.54) is 0 Å². The first-order chi connectivity index (χ1) is 8.48. The Kier molecular flexibility index (Phi) is 2.64. The third-order valence-electron chi connectivity index (χ3n) is 3.44. The van der Waals surface area contributed by atoms with Crippen LogP contribution in [0.1, 0.15) is 23.9 Å². The van der Waals surface area contributed by atoms with E-state index in [4.69, 9.17) is 11.6 Å². The summed E-state index contributed by atoms with van der Waals surface area (Å²) in [7, 11) is -2.91. The summed E-state index contributed by atoms with van der Waals surface area (Å²) in [6.07, 6.45) is 0.631. The second-order valence-corrected chi connectivity index (χ2v) is 7.34. The number of aromatic nitrogens is 2. The van der Waals surface area contributed by atoms with Crippen LogP contribution in [0.4, 0.5) is 0 Å². The number of hydrogen-bond donors (Lipinski definition) is 0. The summed E-state index contributed by atoms with van der Waals surface area (Å²) in [6, 6.07) is 5.79. The Balaban J connectivity index is 2.19. The zero-order valence-electron chi connectivity index (χ0n) is 9.93. The average Bonchev–Trinajstić information content (AvgIpc) is 2.81. The highest BCUT2D eigenvalue weighted by molar-refractivity contribution is 7.91. The molecular weight excluding hydrogens is 272 g/mol. The molecule has 1 atom stereocenters. The minimum Gasteiger partial charge on any atom is -0.299 e. The van der Waals surface area contributed by atoms with Crippen LogP contribution in [0.3, 0.4) is 0 Å². The second kappa shape index (κ2) is 3.96. The van der Waals surface area contributed by atoms with Crippen molar-refractivity contribution in [2.24, 2.45) is 0 Å². The minimum atomic E-state index is -2.91. The van der Waals surface area contributed by atoms with Gasteiger partial charge in [0.05, 0.1) is 17.0 Å². The first kappa shape index (κ1) is 12.0. The van der Waals surface area contributed by atoms with Gasteiger partial charge in [0.1, 0.15) is 5.82 Å². The van der Waals surface area contributed by atoms with Gasteiger partial charge >= 0.3 is 0 Å². The molecule has 0 bridgehead atoms. The molecule has 2 aromatic heterocycles. The number of fused-ring (bicyclic) bond motifs is 1. The first-order valence-corrected chi connectivity index (χ1v) is 8.02. The number of aryl methyl sites for hydroxylation is 1. The monoisotopic (exact) mass is 284 g/mol. The lowest BCUT2D eigenvalue weighted by Crippen LogP contribution is -2.08. The quantitative estimate of drug-likeness (QED) is 0.807. The molecule has 1 fully saturated rings. The van der Waals surface area contributed by atoms with Crippen LogP contribution in [-0.2, 0) is 9.84 Å². The van der Waals surface area contributed by atoms with Crippen molar-refractivity contribution in [3.63, 3.8) is 0 Å².